The number of ether oxygens (including phenoxy) is 1. The van der Waals surface area contributed by atoms with Crippen LogP contribution in [-0.2, 0) is 0 Å². The number of aryl methyl sites for hydroxylation is 1. The van der Waals surface area contributed by atoms with Crippen molar-refractivity contribution in [2.75, 3.05) is 0 Å². The van der Waals surface area contributed by atoms with E-state index in [1.807, 2.05) is 32.0 Å². The van der Waals surface area contributed by atoms with Crippen molar-refractivity contribution in [2.45, 2.75) is 26.0 Å². The molecule has 2 unspecified atom stereocenters. The summed E-state index contributed by atoms with van der Waals surface area (Å²) in [5.74, 6) is 0.544. The van der Waals surface area contributed by atoms with Gasteiger partial charge in [-0.1, -0.05) is 53.0 Å². The third-order valence-corrected chi connectivity index (χ3v) is 3.54. The number of hydrogen-bond acceptors (Lipinski definition) is 2. The molecule has 0 fully saturated rings. The molecule has 0 aliphatic carbocycles. The average molecular weight is 310 g/mol. The van der Waals surface area contributed by atoms with Crippen molar-refractivity contribution in [3.63, 3.8) is 0 Å². The first-order valence-electron chi connectivity index (χ1n) is 6.41. The van der Waals surface area contributed by atoms with Gasteiger partial charge in [0, 0.05) is 17.1 Å². The van der Waals surface area contributed by atoms with Gasteiger partial charge in [-0.05, 0) is 31.5 Å². The highest BCUT2D eigenvalue weighted by atomic mass is 35.5. The summed E-state index contributed by atoms with van der Waals surface area (Å²) in [6.45, 7) is 3.94. The summed E-state index contributed by atoms with van der Waals surface area (Å²) in [6.07, 6.45) is -0.272. The van der Waals surface area contributed by atoms with Crippen molar-refractivity contribution in [1.29, 1.82) is 0 Å². The highest BCUT2D eigenvalue weighted by molar-refractivity contribution is 6.34. The van der Waals surface area contributed by atoms with E-state index < -0.39 is 0 Å². The maximum absolute atomic E-state index is 6.14. The molecule has 0 aliphatic rings. The summed E-state index contributed by atoms with van der Waals surface area (Å²) in [7, 11) is 0. The van der Waals surface area contributed by atoms with Gasteiger partial charge in [-0.25, -0.2) is 0 Å². The Kier molecular flexibility index (Phi) is 4.92. The van der Waals surface area contributed by atoms with Crippen molar-refractivity contribution in [1.82, 2.24) is 0 Å². The van der Waals surface area contributed by atoms with Gasteiger partial charge in [0.25, 0.3) is 0 Å². The number of rotatable bonds is 4. The fourth-order valence-corrected chi connectivity index (χ4v) is 2.35. The summed E-state index contributed by atoms with van der Waals surface area (Å²) in [6, 6.07) is 13.1. The Balaban J connectivity index is 2.33. The molecule has 0 bridgehead atoms. The van der Waals surface area contributed by atoms with Crippen molar-refractivity contribution in [3.05, 3.63) is 63.6 Å². The second-order valence-corrected chi connectivity index (χ2v) is 5.73. The van der Waals surface area contributed by atoms with Gasteiger partial charge < -0.3 is 10.5 Å². The van der Waals surface area contributed by atoms with Gasteiger partial charge in [0.15, 0.2) is 0 Å². The van der Waals surface area contributed by atoms with Crippen LogP contribution in [0.5, 0.6) is 5.75 Å². The molecule has 2 atom stereocenters. The Morgan fingerprint density at radius 2 is 1.85 bits per heavy atom. The quantitative estimate of drug-likeness (QED) is 0.883. The topological polar surface area (TPSA) is 35.2 Å². The number of halogens is 2. The standard InChI is InChI=1S/C16H17Cl2NO/c1-10-4-3-5-12(8-10)16(11(2)19)20-15-9-13(17)6-7-14(15)18/h3-9,11,16H,19H2,1-2H3. The average Bonchev–Trinajstić information content (AvgIpc) is 2.39. The predicted octanol–water partition coefficient (Wildman–Crippen LogP) is 4.77. The largest absolute Gasteiger partial charge is 0.482 e. The Hall–Kier alpha value is -1.22. The van der Waals surface area contributed by atoms with E-state index in [9.17, 15) is 0 Å². The smallest absolute Gasteiger partial charge is 0.140 e. The molecule has 0 radical (unpaired) electrons. The Labute approximate surface area is 129 Å². The van der Waals surface area contributed by atoms with Crippen LogP contribution in [0.3, 0.4) is 0 Å². The first kappa shape index (κ1) is 15.2. The van der Waals surface area contributed by atoms with E-state index in [1.165, 1.54) is 0 Å². The van der Waals surface area contributed by atoms with E-state index in [4.69, 9.17) is 33.7 Å². The second kappa shape index (κ2) is 6.49. The molecule has 0 amide bonds. The molecule has 2 rings (SSSR count). The van der Waals surface area contributed by atoms with E-state index in [2.05, 4.69) is 6.07 Å². The Bertz CT molecular complexity index is 599. The summed E-state index contributed by atoms with van der Waals surface area (Å²) >= 11 is 12.1. The zero-order chi connectivity index (χ0) is 14.7. The van der Waals surface area contributed by atoms with Crippen LogP contribution in [0.4, 0.5) is 0 Å². The Morgan fingerprint density at radius 1 is 1.10 bits per heavy atom. The van der Waals surface area contributed by atoms with Crippen LogP contribution >= 0.6 is 23.2 Å². The molecule has 2 aromatic carbocycles. The lowest BCUT2D eigenvalue weighted by atomic mass is 10.0. The fourth-order valence-electron chi connectivity index (χ4n) is 2.03. The van der Waals surface area contributed by atoms with Crippen LogP contribution < -0.4 is 10.5 Å². The van der Waals surface area contributed by atoms with Gasteiger partial charge in [-0.2, -0.15) is 0 Å². The first-order valence-corrected chi connectivity index (χ1v) is 7.17. The third-order valence-electron chi connectivity index (χ3n) is 3.00. The van der Waals surface area contributed by atoms with Gasteiger partial charge in [-0.3, -0.25) is 0 Å². The molecular formula is C16H17Cl2NO. The normalized spacial score (nSPS) is 13.8. The molecule has 0 spiro atoms. The van der Waals surface area contributed by atoms with E-state index in [1.54, 1.807) is 18.2 Å². The minimum atomic E-state index is -0.272. The van der Waals surface area contributed by atoms with Crippen molar-refractivity contribution in [3.8, 4) is 5.75 Å². The van der Waals surface area contributed by atoms with Crippen molar-refractivity contribution in [2.24, 2.45) is 5.73 Å². The molecule has 0 saturated heterocycles. The second-order valence-electron chi connectivity index (χ2n) is 4.89. The molecular weight excluding hydrogens is 293 g/mol. The minimum Gasteiger partial charge on any atom is -0.482 e. The van der Waals surface area contributed by atoms with E-state index in [-0.39, 0.29) is 12.1 Å². The Morgan fingerprint density at radius 3 is 2.50 bits per heavy atom. The lowest BCUT2D eigenvalue weighted by molar-refractivity contribution is 0.180. The van der Waals surface area contributed by atoms with E-state index >= 15 is 0 Å². The zero-order valence-electron chi connectivity index (χ0n) is 11.4. The summed E-state index contributed by atoms with van der Waals surface area (Å²) < 4.78 is 5.99. The number of hydrogen-bond donors (Lipinski definition) is 1. The molecule has 0 saturated carbocycles. The SMILES string of the molecule is Cc1cccc(C(Oc2cc(Cl)ccc2Cl)C(C)N)c1. The van der Waals surface area contributed by atoms with Crippen LogP contribution in [0.2, 0.25) is 10.0 Å². The van der Waals surface area contributed by atoms with Gasteiger partial charge in [0.2, 0.25) is 0 Å². The molecule has 2 nitrogen and oxygen atoms in total. The lowest BCUT2D eigenvalue weighted by Gasteiger charge is -2.24. The van der Waals surface area contributed by atoms with Gasteiger partial charge in [0.05, 0.1) is 5.02 Å². The summed E-state index contributed by atoms with van der Waals surface area (Å²) in [5, 5.41) is 1.10. The zero-order valence-corrected chi connectivity index (χ0v) is 12.9. The first-order chi connectivity index (χ1) is 9.47. The van der Waals surface area contributed by atoms with Gasteiger partial charge in [-0.15, -0.1) is 0 Å². The van der Waals surface area contributed by atoms with Gasteiger partial charge in [0.1, 0.15) is 11.9 Å². The molecule has 106 valence electrons. The lowest BCUT2D eigenvalue weighted by Crippen LogP contribution is -2.29. The van der Waals surface area contributed by atoms with Crippen LogP contribution in [0.1, 0.15) is 24.2 Å². The summed E-state index contributed by atoms with van der Waals surface area (Å²) in [4.78, 5) is 0. The number of nitrogens with two attached hydrogens (primary N) is 1. The van der Waals surface area contributed by atoms with Crippen LogP contribution in [0.15, 0.2) is 42.5 Å². The molecule has 0 aliphatic heterocycles. The van der Waals surface area contributed by atoms with Gasteiger partial charge >= 0.3 is 0 Å². The maximum Gasteiger partial charge on any atom is 0.140 e. The highest BCUT2D eigenvalue weighted by Gasteiger charge is 2.19. The predicted molar refractivity (Wildman–Crippen MR) is 84.7 cm³/mol. The van der Waals surface area contributed by atoms with Crippen LogP contribution in [-0.4, -0.2) is 6.04 Å². The van der Waals surface area contributed by atoms with Crippen molar-refractivity contribution < 1.29 is 4.74 Å². The minimum absolute atomic E-state index is 0.174. The number of benzene rings is 2. The molecule has 0 heterocycles. The fraction of sp³-hybridized carbons (Fsp3) is 0.250. The van der Waals surface area contributed by atoms with Crippen LogP contribution in [0, 0.1) is 6.92 Å². The molecule has 4 heteroatoms. The summed E-state index contributed by atoms with van der Waals surface area (Å²) in [5.41, 5.74) is 8.24. The molecule has 2 N–H and O–H groups in total. The van der Waals surface area contributed by atoms with E-state index in [0.717, 1.165) is 11.1 Å². The molecule has 20 heavy (non-hydrogen) atoms. The van der Waals surface area contributed by atoms with Crippen LogP contribution in [0.25, 0.3) is 0 Å². The van der Waals surface area contributed by atoms with Crippen molar-refractivity contribution >= 4 is 23.2 Å². The highest BCUT2D eigenvalue weighted by Crippen LogP contribution is 2.32. The molecule has 2 aromatic rings. The van der Waals surface area contributed by atoms with E-state index in [0.29, 0.717) is 15.8 Å². The monoisotopic (exact) mass is 309 g/mol. The maximum atomic E-state index is 6.14. The molecule has 0 aromatic heterocycles. The third kappa shape index (κ3) is 3.66.